The molecule has 8 heteroatoms. The fourth-order valence-corrected chi connectivity index (χ4v) is 5.06. The lowest BCUT2D eigenvalue weighted by molar-refractivity contribution is 0.199. The summed E-state index contributed by atoms with van der Waals surface area (Å²) in [7, 11) is 0. The molecule has 1 aliphatic heterocycles. The van der Waals surface area contributed by atoms with Gasteiger partial charge in [-0.3, -0.25) is 4.90 Å². The van der Waals surface area contributed by atoms with Crippen LogP contribution >= 0.6 is 23.2 Å². The topological polar surface area (TPSA) is 60.6 Å². The maximum atomic E-state index is 12.2. The van der Waals surface area contributed by atoms with Gasteiger partial charge in [-0.2, -0.15) is 0 Å². The van der Waals surface area contributed by atoms with Crippen molar-refractivity contribution in [3.05, 3.63) is 70.7 Å². The quantitative estimate of drug-likeness (QED) is 0.285. The van der Waals surface area contributed by atoms with Gasteiger partial charge in [-0.05, 0) is 49.7 Å². The molecule has 5 rings (SSSR count). The van der Waals surface area contributed by atoms with E-state index in [2.05, 4.69) is 26.2 Å². The number of hydrogen-bond donors (Lipinski definition) is 2. The summed E-state index contributed by atoms with van der Waals surface area (Å²) in [5, 5.41) is 6.35. The molecule has 1 aromatic heterocycles. The van der Waals surface area contributed by atoms with Crippen LogP contribution in [0.25, 0.3) is 21.8 Å². The second kappa shape index (κ2) is 10.8. The molecule has 3 aromatic carbocycles. The highest BCUT2D eigenvalue weighted by Crippen LogP contribution is 2.33. The average molecular weight is 511 g/mol. The van der Waals surface area contributed by atoms with Crippen molar-refractivity contribution in [1.29, 1.82) is 0 Å². The SMILES string of the molecule is O=C(NCCCCN1CCN(c2cccc(Cl)c2Cl)CC1)Oc1ccc2c(c1)[nH]c1ccccc12. The molecule has 0 atom stereocenters. The van der Waals surface area contributed by atoms with Gasteiger partial charge >= 0.3 is 6.09 Å². The van der Waals surface area contributed by atoms with Gasteiger partial charge < -0.3 is 19.9 Å². The number of carbonyl (C=O) groups excluding carboxylic acids is 1. The molecule has 35 heavy (non-hydrogen) atoms. The van der Waals surface area contributed by atoms with Crippen molar-refractivity contribution in [2.75, 3.05) is 44.2 Å². The van der Waals surface area contributed by atoms with E-state index in [0.717, 1.165) is 73.1 Å². The Kier molecular flexibility index (Phi) is 7.32. The fraction of sp³-hybridized carbons (Fsp3) is 0.296. The van der Waals surface area contributed by atoms with Crippen LogP contribution in [-0.4, -0.2) is 55.2 Å². The Hall–Kier alpha value is -2.93. The molecule has 1 aliphatic rings. The van der Waals surface area contributed by atoms with Crippen LogP contribution in [0.1, 0.15) is 12.8 Å². The van der Waals surface area contributed by atoms with E-state index in [1.807, 2.05) is 54.6 Å². The molecule has 0 radical (unpaired) electrons. The van der Waals surface area contributed by atoms with Crippen LogP contribution in [0.4, 0.5) is 10.5 Å². The van der Waals surface area contributed by atoms with Gasteiger partial charge in [0, 0.05) is 55.1 Å². The molecular formula is C27H28Cl2N4O2. The minimum Gasteiger partial charge on any atom is -0.410 e. The first-order chi connectivity index (χ1) is 17.1. The van der Waals surface area contributed by atoms with Crippen molar-refractivity contribution in [1.82, 2.24) is 15.2 Å². The maximum absolute atomic E-state index is 12.2. The summed E-state index contributed by atoms with van der Waals surface area (Å²) in [5.41, 5.74) is 3.03. The van der Waals surface area contributed by atoms with Gasteiger partial charge in [0.25, 0.3) is 0 Å². The molecule has 2 heterocycles. The first kappa shape index (κ1) is 23.8. The van der Waals surface area contributed by atoms with E-state index in [-0.39, 0.29) is 0 Å². The van der Waals surface area contributed by atoms with E-state index < -0.39 is 6.09 Å². The van der Waals surface area contributed by atoms with Crippen molar-refractivity contribution >= 4 is 56.8 Å². The number of H-pyrrole nitrogens is 1. The molecule has 182 valence electrons. The van der Waals surface area contributed by atoms with Crippen molar-refractivity contribution in [3.8, 4) is 5.75 Å². The molecule has 1 fully saturated rings. The Labute approximate surface area is 214 Å². The molecule has 4 aromatic rings. The molecule has 6 nitrogen and oxygen atoms in total. The second-order valence-electron chi connectivity index (χ2n) is 8.80. The molecule has 0 bridgehead atoms. The third-order valence-electron chi connectivity index (χ3n) is 6.50. The van der Waals surface area contributed by atoms with E-state index in [4.69, 9.17) is 27.9 Å². The Morgan fingerprint density at radius 2 is 1.71 bits per heavy atom. The number of hydrogen-bond acceptors (Lipinski definition) is 4. The zero-order chi connectivity index (χ0) is 24.2. The maximum Gasteiger partial charge on any atom is 0.412 e. The molecule has 0 unspecified atom stereocenters. The summed E-state index contributed by atoms with van der Waals surface area (Å²) < 4.78 is 5.48. The number of halogens is 2. The van der Waals surface area contributed by atoms with Crippen molar-refractivity contribution in [3.63, 3.8) is 0 Å². The number of amides is 1. The standard InChI is InChI=1S/C27H28Cl2N4O2/c28-22-7-5-9-25(26(22)29)33-16-14-32(15-17-33)13-4-3-12-30-27(34)35-19-10-11-21-20-6-1-2-8-23(20)31-24(21)18-19/h1-2,5-11,18,31H,3-4,12-17H2,(H,30,34). The van der Waals surface area contributed by atoms with Crippen LogP contribution in [0.2, 0.25) is 10.0 Å². The lowest BCUT2D eigenvalue weighted by Crippen LogP contribution is -2.46. The number of para-hydroxylation sites is 1. The lowest BCUT2D eigenvalue weighted by Gasteiger charge is -2.36. The van der Waals surface area contributed by atoms with E-state index in [9.17, 15) is 4.79 Å². The Bertz CT molecular complexity index is 1330. The van der Waals surface area contributed by atoms with Crippen LogP contribution in [-0.2, 0) is 0 Å². The Morgan fingerprint density at radius 3 is 2.57 bits per heavy atom. The first-order valence-electron chi connectivity index (χ1n) is 12.0. The number of anilines is 1. The molecule has 0 spiro atoms. The molecule has 0 saturated carbocycles. The number of ether oxygens (including phenoxy) is 1. The summed E-state index contributed by atoms with van der Waals surface area (Å²) in [6.07, 6.45) is 1.49. The normalized spacial score (nSPS) is 14.5. The molecule has 2 N–H and O–H groups in total. The number of rotatable bonds is 7. The van der Waals surface area contributed by atoms with Gasteiger partial charge in [-0.1, -0.05) is 47.5 Å². The predicted molar refractivity (Wildman–Crippen MR) is 144 cm³/mol. The number of aromatic amines is 1. The summed E-state index contributed by atoms with van der Waals surface area (Å²) >= 11 is 12.5. The average Bonchev–Trinajstić information content (AvgIpc) is 3.24. The Morgan fingerprint density at radius 1 is 0.914 bits per heavy atom. The van der Waals surface area contributed by atoms with E-state index >= 15 is 0 Å². The third kappa shape index (κ3) is 5.50. The number of benzene rings is 3. The predicted octanol–water partition coefficient (Wildman–Crippen LogP) is 6.32. The van der Waals surface area contributed by atoms with Crippen molar-refractivity contribution < 1.29 is 9.53 Å². The minimum absolute atomic E-state index is 0.424. The van der Waals surface area contributed by atoms with Crippen LogP contribution in [0.5, 0.6) is 5.75 Å². The molecule has 0 aliphatic carbocycles. The number of unbranched alkanes of at least 4 members (excludes halogenated alkanes) is 1. The zero-order valence-corrected chi connectivity index (χ0v) is 20.9. The van der Waals surface area contributed by atoms with Gasteiger partial charge in [-0.15, -0.1) is 0 Å². The molecular weight excluding hydrogens is 483 g/mol. The minimum atomic E-state index is -0.424. The highest BCUT2D eigenvalue weighted by Gasteiger charge is 2.19. The van der Waals surface area contributed by atoms with Crippen LogP contribution in [0.15, 0.2) is 60.7 Å². The van der Waals surface area contributed by atoms with Gasteiger partial charge in [0.2, 0.25) is 0 Å². The van der Waals surface area contributed by atoms with Crippen LogP contribution in [0.3, 0.4) is 0 Å². The van der Waals surface area contributed by atoms with Crippen LogP contribution < -0.4 is 15.0 Å². The number of carbonyl (C=O) groups is 1. The Balaban J connectivity index is 1.02. The zero-order valence-electron chi connectivity index (χ0n) is 19.4. The summed E-state index contributed by atoms with van der Waals surface area (Å²) in [5.74, 6) is 0.527. The summed E-state index contributed by atoms with van der Waals surface area (Å²) in [6.45, 7) is 5.40. The first-order valence-corrected chi connectivity index (χ1v) is 12.7. The summed E-state index contributed by atoms with van der Waals surface area (Å²) in [6, 6.07) is 19.6. The smallest absolute Gasteiger partial charge is 0.410 e. The largest absolute Gasteiger partial charge is 0.412 e. The van der Waals surface area contributed by atoms with Gasteiger partial charge in [0.15, 0.2) is 0 Å². The monoisotopic (exact) mass is 510 g/mol. The number of nitrogens with one attached hydrogen (secondary N) is 2. The molecule has 1 amide bonds. The number of piperazine rings is 1. The third-order valence-corrected chi connectivity index (χ3v) is 7.31. The van der Waals surface area contributed by atoms with Gasteiger partial charge in [0.1, 0.15) is 5.75 Å². The lowest BCUT2D eigenvalue weighted by atomic mass is 10.1. The molecule has 1 saturated heterocycles. The van der Waals surface area contributed by atoms with Crippen molar-refractivity contribution in [2.24, 2.45) is 0 Å². The number of fused-ring (bicyclic) bond motifs is 3. The van der Waals surface area contributed by atoms with E-state index in [1.54, 1.807) is 0 Å². The van der Waals surface area contributed by atoms with Crippen molar-refractivity contribution in [2.45, 2.75) is 12.8 Å². The highest BCUT2D eigenvalue weighted by molar-refractivity contribution is 6.43. The number of nitrogens with zero attached hydrogens (tertiary/aromatic N) is 2. The van der Waals surface area contributed by atoms with Gasteiger partial charge in [0.05, 0.1) is 21.2 Å². The fourth-order valence-electron chi connectivity index (χ4n) is 4.64. The number of aromatic nitrogens is 1. The highest BCUT2D eigenvalue weighted by atomic mass is 35.5. The van der Waals surface area contributed by atoms with E-state index in [1.165, 1.54) is 0 Å². The second-order valence-corrected chi connectivity index (χ2v) is 9.59. The van der Waals surface area contributed by atoms with Gasteiger partial charge in [-0.25, -0.2) is 4.79 Å². The van der Waals surface area contributed by atoms with E-state index in [0.29, 0.717) is 22.3 Å². The summed E-state index contributed by atoms with van der Waals surface area (Å²) in [4.78, 5) is 20.3. The van der Waals surface area contributed by atoms with Crippen LogP contribution in [0, 0.1) is 0 Å².